The van der Waals surface area contributed by atoms with Crippen molar-refractivity contribution in [3.05, 3.63) is 89.5 Å². The second-order valence-corrected chi connectivity index (χ2v) is 8.78. The summed E-state index contributed by atoms with van der Waals surface area (Å²) >= 11 is 1.89. The average molecular weight is 434 g/mol. The van der Waals surface area contributed by atoms with Crippen molar-refractivity contribution in [3.8, 4) is 11.1 Å². The van der Waals surface area contributed by atoms with Gasteiger partial charge in [0.2, 0.25) is 0 Å². The van der Waals surface area contributed by atoms with Crippen LogP contribution in [0.2, 0.25) is 0 Å². The zero-order chi connectivity index (χ0) is 22.1. The molecule has 0 amide bonds. The predicted octanol–water partition coefficient (Wildman–Crippen LogP) is 5.45. The molecule has 0 unspecified atom stereocenters. The maximum atomic E-state index is 10.7. The number of hydrogen-bond donors (Lipinski definition) is 1. The number of rotatable bonds is 8. The smallest absolute Gasteiger partial charge is 0.125 e. The molecule has 1 aliphatic rings. The second-order valence-electron chi connectivity index (χ2n) is 7.73. The van der Waals surface area contributed by atoms with Gasteiger partial charge in [0.25, 0.3) is 0 Å². The summed E-state index contributed by atoms with van der Waals surface area (Å²) in [6, 6.07) is 26.4. The van der Waals surface area contributed by atoms with E-state index in [-0.39, 0.29) is 5.92 Å². The van der Waals surface area contributed by atoms with Crippen LogP contribution in [0.25, 0.3) is 11.1 Å². The van der Waals surface area contributed by atoms with Gasteiger partial charge in [0.1, 0.15) is 6.29 Å². The Hall–Kier alpha value is -2.40. The SMILES string of the molecule is CCc1cc(CSc2ccc(CN3CC(C=O)C3)cc2)ccc1-c1ccccc1.CO. The summed E-state index contributed by atoms with van der Waals surface area (Å²) < 4.78 is 0. The van der Waals surface area contributed by atoms with Gasteiger partial charge in [-0.05, 0) is 46.4 Å². The predicted molar refractivity (Wildman–Crippen MR) is 130 cm³/mol. The lowest BCUT2D eigenvalue weighted by atomic mass is 9.96. The Labute approximate surface area is 190 Å². The van der Waals surface area contributed by atoms with E-state index in [1.165, 1.54) is 32.7 Å². The maximum Gasteiger partial charge on any atom is 0.125 e. The van der Waals surface area contributed by atoms with Crippen LogP contribution in [-0.2, 0) is 23.5 Å². The van der Waals surface area contributed by atoms with Crippen molar-refractivity contribution in [1.29, 1.82) is 0 Å². The summed E-state index contributed by atoms with van der Waals surface area (Å²) in [5.74, 6) is 1.22. The number of carbonyl (C=O) groups excluding carboxylic acids is 1. The second kappa shape index (κ2) is 11.8. The highest BCUT2D eigenvalue weighted by Crippen LogP contribution is 2.29. The molecule has 4 rings (SSSR count). The first kappa shape index (κ1) is 23.3. The lowest BCUT2D eigenvalue weighted by Gasteiger charge is -2.36. The molecule has 1 N–H and O–H groups in total. The highest BCUT2D eigenvalue weighted by molar-refractivity contribution is 7.98. The summed E-state index contributed by atoms with van der Waals surface area (Å²) in [7, 11) is 1.00. The number of thioether (sulfide) groups is 1. The van der Waals surface area contributed by atoms with Crippen molar-refractivity contribution in [2.75, 3.05) is 20.2 Å². The van der Waals surface area contributed by atoms with Gasteiger partial charge in [-0.1, -0.05) is 67.6 Å². The molecule has 31 heavy (non-hydrogen) atoms. The molecule has 1 fully saturated rings. The first-order chi connectivity index (χ1) is 15.2. The highest BCUT2D eigenvalue weighted by atomic mass is 32.2. The minimum Gasteiger partial charge on any atom is -0.400 e. The molecular formula is C27H31NO2S. The molecule has 1 saturated heterocycles. The van der Waals surface area contributed by atoms with Crippen LogP contribution in [0.15, 0.2) is 77.7 Å². The largest absolute Gasteiger partial charge is 0.400 e. The molecule has 0 aliphatic carbocycles. The van der Waals surface area contributed by atoms with Crippen LogP contribution in [0, 0.1) is 5.92 Å². The van der Waals surface area contributed by atoms with Crippen molar-refractivity contribution in [2.45, 2.75) is 30.5 Å². The molecule has 0 saturated carbocycles. The zero-order valence-electron chi connectivity index (χ0n) is 18.3. The molecule has 1 heterocycles. The van der Waals surface area contributed by atoms with Gasteiger partial charge in [-0.25, -0.2) is 0 Å². The van der Waals surface area contributed by atoms with Crippen molar-refractivity contribution >= 4 is 18.0 Å². The fraction of sp³-hybridized carbons (Fsp3) is 0.296. The molecule has 4 heteroatoms. The van der Waals surface area contributed by atoms with Gasteiger partial charge >= 0.3 is 0 Å². The van der Waals surface area contributed by atoms with Crippen molar-refractivity contribution in [2.24, 2.45) is 5.92 Å². The molecule has 3 nitrogen and oxygen atoms in total. The molecular weight excluding hydrogens is 402 g/mol. The third-order valence-electron chi connectivity index (χ3n) is 5.55. The number of carbonyl (C=O) groups is 1. The number of nitrogens with zero attached hydrogens (tertiary/aromatic N) is 1. The van der Waals surface area contributed by atoms with Gasteiger partial charge in [-0.3, -0.25) is 4.90 Å². The van der Waals surface area contributed by atoms with Crippen LogP contribution in [0.1, 0.15) is 23.6 Å². The third-order valence-corrected chi connectivity index (χ3v) is 6.63. The Balaban J connectivity index is 0.00000132. The van der Waals surface area contributed by atoms with Crippen molar-refractivity contribution in [1.82, 2.24) is 4.90 Å². The average Bonchev–Trinajstić information content (AvgIpc) is 2.82. The first-order valence-corrected chi connectivity index (χ1v) is 11.7. The van der Waals surface area contributed by atoms with Crippen LogP contribution in [0.4, 0.5) is 0 Å². The Morgan fingerprint density at radius 3 is 2.29 bits per heavy atom. The first-order valence-electron chi connectivity index (χ1n) is 10.8. The van der Waals surface area contributed by atoms with E-state index in [1.54, 1.807) is 0 Å². The molecule has 3 aromatic carbocycles. The highest BCUT2D eigenvalue weighted by Gasteiger charge is 2.25. The number of aliphatic hydroxyl groups is 1. The summed E-state index contributed by atoms with van der Waals surface area (Å²) in [5, 5.41) is 7.00. The summed E-state index contributed by atoms with van der Waals surface area (Å²) in [4.78, 5) is 14.3. The topological polar surface area (TPSA) is 40.5 Å². The Bertz CT molecular complexity index is 951. The van der Waals surface area contributed by atoms with Crippen LogP contribution < -0.4 is 0 Å². The van der Waals surface area contributed by atoms with Crippen LogP contribution in [0.3, 0.4) is 0 Å². The zero-order valence-corrected chi connectivity index (χ0v) is 19.1. The fourth-order valence-corrected chi connectivity index (χ4v) is 4.71. The lowest BCUT2D eigenvalue weighted by Crippen LogP contribution is -2.46. The van der Waals surface area contributed by atoms with E-state index in [0.29, 0.717) is 0 Å². The van der Waals surface area contributed by atoms with Crippen LogP contribution in [-0.4, -0.2) is 36.5 Å². The third kappa shape index (κ3) is 6.30. The number of aliphatic hydroxyl groups excluding tert-OH is 1. The summed E-state index contributed by atoms with van der Waals surface area (Å²) in [6.07, 6.45) is 2.12. The van der Waals surface area contributed by atoms with Gasteiger partial charge in [0, 0.05) is 43.3 Å². The minimum atomic E-state index is 0.242. The molecule has 1 aliphatic heterocycles. The monoisotopic (exact) mass is 433 g/mol. The van der Waals surface area contributed by atoms with Crippen molar-refractivity contribution < 1.29 is 9.90 Å². The number of benzene rings is 3. The lowest BCUT2D eigenvalue weighted by molar-refractivity contribution is -0.115. The normalized spacial score (nSPS) is 13.8. The van der Waals surface area contributed by atoms with Gasteiger partial charge in [-0.2, -0.15) is 0 Å². The maximum absolute atomic E-state index is 10.7. The van der Waals surface area contributed by atoms with E-state index in [2.05, 4.69) is 84.6 Å². The molecule has 162 valence electrons. The summed E-state index contributed by atoms with van der Waals surface area (Å²) in [5.41, 5.74) is 6.73. The summed E-state index contributed by atoms with van der Waals surface area (Å²) in [6.45, 7) is 4.97. The molecule has 0 aromatic heterocycles. The number of aldehydes is 1. The Morgan fingerprint density at radius 2 is 1.65 bits per heavy atom. The van der Waals surface area contributed by atoms with E-state index in [1.807, 2.05) is 11.8 Å². The standard InChI is InChI=1S/C26H27NOS.CH4O/c1-2-23-14-21(10-13-26(23)24-6-4-3-5-7-24)19-29-25-11-8-20(9-12-25)15-27-16-22(17-27)18-28;1-2/h3-14,18,22H,2,15-17,19H2,1H3;2H,1H3. The van der Waals surface area contributed by atoms with Gasteiger partial charge < -0.3 is 9.90 Å². The van der Waals surface area contributed by atoms with E-state index < -0.39 is 0 Å². The quantitative estimate of drug-likeness (QED) is 0.379. The molecule has 3 aromatic rings. The van der Waals surface area contributed by atoms with Gasteiger partial charge in [-0.15, -0.1) is 11.8 Å². The van der Waals surface area contributed by atoms with Gasteiger partial charge in [0.15, 0.2) is 0 Å². The van der Waals surface area contributed by atoms with Crippen LogP contribution in [0.5, 0.6) is 0 Å². The van der Waals surface area contributed by atoms with E-state index in [9.17, 15) is 4.79 Å². The molecule has 0 atom stereocenters. The van der Waals surface area contributed by atoms with Gasteiger partial charge in [0.05, 0.1) is 0 Å². The van der Waals surface area contributed by atoms with Crippen LogP contribution >= 0.6 is 11.8 Å². The number of aryl methyl sites for hydroxylation is 1. The van der Waals surface area contributed by atoms with E-state index in [4.69, 9.17) is 5.11 Å². The Morgan fingerprint density at radius 1 is 0.968 bits per heavy atom. The van der Waals surface area contributed by atoms with Crippen molar-refractivity contribution in [3.63, 3.8) is 0 Å². The van der Waals surface area contributed by atoms with E-state index in [0.717, 1.165) is 45.2 Å². The Kier molecular flexibility index (Phi) is 8.89. The molecule has 0 bridgehead atoms. The molecule has 0 radical (unpaired) electrons. The number of hydrogen-bond acceptors (Lipinski definition) is 4. The number of likely N-dealkylation sites (tertiary alicyclic amines) is 1. The fourth-order valence-electron chi connectivity index (χ4n) is 3.87. The molecule has 0 spiro atoms. The minimum absolute atomic E-state index is 0.242. The van der Waals surface area contributed by atoms with E-state index >= 15 is 0 Å².